The number of nitrogens with one attached hydrogen (secondary N) is 1. The highest BCUT2D eigenvalue weighted by atomic mass is 19.3. The molecule has 3 rings (SSSR count). The average molecular weight is 404 g/mol. The van der Waals surface area contributed by atoms with Crippen LogP contribution in [-0.2, 0) is 11.3 Å². The van der Waals surface area contributed by atoms with Crippen LogP contribution in [0.4, 0.5) is 14.5 Å². The Kier molecular flexibility index (Phi) is 6.01. The van der Waals surface area contributed by atoms with Crippen LogP contribution >= 0.6 is 0 Å². The summed E-state index contributed by atoms with van der Waals surface area (Å²) >= 11 is 0. The maximum absolute atomic E-state index is 12.4. The van der Waals surface area contributed by atoms with Gasteiger partial charge in [-0.1, -0.05) is 18.2 Å². The molecule has 2 aromatic carbocycles. The van der Waals surface area contributed by atoms with Gasteiger partial charge in [-0.05, 0) is 30.7 Å². The second-order valence-corrected chi connectivity index (χ2v) is 6.33. The van der Waals surface area contributed by atoms with E-state index in [0.29, 0.717) is 11.3 Å². The van der Waals surface area contributed by atoms with Crippen molar-refractivity contribution in [3.05, 3.63) is 64.5 Å². The Morgan fingerprint density at radius 3 is 2.66 bits per heavy atom. The molecule has 0 saturated carbocycles. The van der Waals surface area contributed by atoms with E-state index < -0.39 is 18.0 Å². The molecule has 10 heteroatoms. The Labute approximate surface area is 164 Å². The van der Waals surface area contributed by atoms with Crippen LogP contribution in [0, 0.1) is 10.1 Å². The number of carbonyl (C=O) groups is 1. The largest absolute Gasteiger partial charge is 0.488 e. The van der Waals surface area contributed by atoms with Gasteiger partial charge in [-0.2, -0.15) is 0 Å². The maximum atomic E-state index is 12.4. The highest BCUT2D eigenvalue weighted by Gasteiger charge is 2.18. The summed E-state index contributed by atoms with van der Waals surface area (Å²) in [7, 11) is 0. The van der Waals surface area contributed by atoms with E-state index in [4.69, 9.17) is 4.74 Å². The summed E-state index contributed by atoms with van der Waals surface area (Å²) in [6, 6.07) is 10.6. The molecule has 3 aromatic rings. The van der Waals surface area contributed by atoms with Crippen molar-refractivity contribution < 1.29 is 23.2 Å². The quantitative estimate of drug-likeness (QED) is 0.458. The summed E-state index contributed by atoms with van der Waals surface area (Å²) in [4.78, 5) is 27.3. The molecule has 1 heterocycles. The van der Waals surface area contributed by atoms with Gasteiger partial charge >= 0.3 is 0 Å². The summed E-state index contributed by atoms with van der Waals surface area (Å²) in [6.07, 6.45) is -1.17. The Hall–Kier alpha value is -3.56. The van der Waals surface area contributed by atoms with Crippen molar-refractivity contribution in [2.45, 2.75) is 25.9 Å². The molecular formula is C19H18F2N4O4. The topological polar surface area (TPSA) is 99.3 Å². The number of imidazole rings is 1. The number of benzene rings is 2. The van der Waals surface area contributed by atoms with E-state index in [-0.39, 0.29) is 29.7 Å². The van der Waals surface area contributed by atoms with E-state index in [2.05, 4.69) is 10.3 Å². The van der Waals surface area contributed by atoms with E-state index in [1.165, 1.54) is 23.0 Å². The number of hydrogen-bond donors (Lipinski definition) is 1. The van der Waals surface area contributed by atoms with Crippen LogP contribution in [0.25, 0.3) is 11.0 Å². The van der Waals surface area contributed by atoms with E-state index in [1.54, 1.807) is 37.3 Å². The number of nitro groups is 1. The minimum atomic E-state index is -2.55. The Morgan fingerprint density at radius 2 is 2.00 bits per heavy atom. The molecule has 8 nitrogen and oxygen atoms in total. The lowest BCUT2D eigenvalue weighted by Gasteiger charge is -2.15. The lowest BCUT2D eigenvalue weighted by molar-refractivity contribution is -0.383. The zero-order chi connectivity index (χ0) is 21.0. The SMILES string of the molecule is CC(NC(=O)Cn1cnc2cccc([N+](=O)[O-])c21)c1ccc(OCC(F)F)cc1. The molecule has 0 bridgehead atoms. The molecule has 0 aliphatic rings. The number of carbonyl (C=O) groups excluding carboxylic acids is 1. The van der Waals surface area contributed by atoms with Crippen molar-refractivity contribution in [2.24, 2.45) is 0 Å². The molecule has 0 aliphatic carbocycles. The second-order valence-electron chi connectivity index (χ2n) is 6.33. The number of alkyl halides is 2. The summed E-state index contributed by atoms with van der Waals surface area (Å²) in [5, 5.41) is 14.0. The second kappa shape index (κ2) is 8.63. The maximum Gasteiger partial charge on any atom is 0.295 e. The van der Waals surface area contributed by atoms with Crippen molar-refractivity contribution in [1.29, 1.82) is 0 Å². The van der Waals surface area contributed by atoms with Crippen LogP contribution in [0.3, 0.4) is 0 Å². The fourth-order valence-corrected chi connectivity index (χ4v) is 2.91. The number of non-ortho nitro benzene ring substituents is 1. The van der Waals surface area contributed by atoms with E-state index in [0.717, 1.165) is 5.56 Å². The van der Waals surface area contributed by atoms with Gasteiger partial charge in [-0.25, -0.2) is 13.8 Å². The predicted molar refractivity (Wildman–Crippen MR) is 101 cm³/mol. The minimum Gasteiger partial charge on any atom is -0.488 e. The molecule has 0 saturated heterocycles. The summed E-state index contributed by atoms with van der Waals surface area (Å²) in [5.74, 6) is -0.0438. The zero-order valence-corrected chi connectivity index (χ0v) is 15.4. The van der Waals surface area contributed by atoms with Crippen LogP contribution < -0.4 is 10.1 Å². The van der Waals surface area contributed by atoms with Crippen molar-refractivity contribution >= 4 is 22.6 Å². The van der Waals surface area contributed by atoms with Gasteiger partial charge in [0.25, 0.3) is 12.1 Å². The van der Waals surface area contributed by atoms with Gasteiger partial charge in [-0.3, -0.25) is 14.9 Å². The monoisotopic (exact) mass is 404 g/mol. The van der Waals surface area contributed by atoms with Gasteiger partial charge in [0.15, 0.2) is 0 Å². The first-order valence-corrected chi connectivity index (χ1v) is 8.73. The van der Waals surface area contributed by atoms with E-state index in [1.807, 2.05) is 0 Å². The number of aromatic nitrogens is 2. The summed E-state index contributed by atoms with van der Waals surface area (Å²) in [6.45, 7) is 0.944. The van der Waals surface area contributed by atoms with Gasteiger partial charge in [0, 0.05) is 6.07 Å². The molecule has 152 valence electrons. The van der Waals surface area contributed by atoms with Crippen LogP contribution in [0.15, 0.2) is 48.8 Å². The van der Waals surface area contributed by atoms with Crippen LogP contribution in [0.2, 0.25) is 0 Å². The lowest BCUT2D eigenvalue weighted by atomic mass is 10.1. The first kappa shape index (κ1) is 20.2. The van der Waals surface area contributed by atoms with E-state index >= 15 is 0 Å². The molecular weight excluding hydrogens is 386 g/mol. The first-order chi connectivity index (χ1) is 13.8. The van der Waals surface area contributed by atoms with Gasteiger partial charge in [0.2, 0.25) is 5.91 Å². The third-order valence-corrected chi connectivity index (χ3v) is 4.26. The first-order valence-electron chi connectivity index (χ1n) is 8.73. The van der Waals surface area contributed by atoms with Gasteiger partial charge in [0.1, 0.15) is 24.4 Å². The fraction of sp³-hybridized carbons (Fsp3) is 0.263. The standard InChI is InChI=1S/C19H18F2N4O4/c1-12(13-5-7-14(8-6-13)29-10-17(20)21)23-18(26)9-24-11-22-15-3-2-4-16(19(15)24)25(27)28/h2-8,11-12,17H,9-10H2,1H3,(H,23,26). The fourth-order valence-electron chi connectivity index (χ4n) is 2.91. The summed E-state index contributed by atoms with van der Waals surface area (Å²) < 4.78 is 30.7. The van der Waals surface area contributed by atoms with E-state index in [9.17, 15) is 23.7 Å². The smallest absolute Gasteiger partial charge is 0.295 e. The molecule has 1 N–H and O–H groups in total. The number of nitro benzene ring substituents is 1. The Morgan fingerprint density at radius 1 is 1.28 bits per heavy atom. The number of nitrogens with zero attached hydrogens (tertiary/aromatic N) is 3. The molecule has 1 atom stereocenters. The summed E-state index contributed by atoms with van der Waals surface area (Å²) in [5.41, 5.74) is 1.34. The number of ether oxygens (including phenoxy) is 1. The molecule has 1 amide bonds. The van der Waals surface area contributed by atoms with Gasteiger partial charge in [0.05, 0.1) is 22.8 Å². The van der Waals surface area contributed by atoms with Crippen LogP contribution in [0.5, 0.6) is 5.75 Å². The predicted octanol–water partition coefficient (Wildman–Crippen LogP) is 3.47. The highest BCUT2D eigenvalue weighted by Crippen LogP contribution is 2.24. The molecule has 29 heavy (non-hydrogen) atoms. The van der Waals surface area contributed by atoms with Gasteiger partial charge < -0.3 is 14.6 Å². The molecule has 0 aliphatic heterocycles. The molecule has 0 radical (unpaired) electrons. The zero-order valence-electron chi connectivity index (χ0n) is 15.4. The average Bonchev–Trinajstić information content (AvgIpc) is 3.09. The number of para-hydroxylation sites is 1. The number of fused-ring (bicyclic) bond motifs is 1. The van der Waals surface area contributed by atoms with Crippen molar-refractivity contribution in [3.63, 3.8) is 0 Å². The molecule has 1 unspecified atom stereocenters. The third-order valence-electron chi connectivity index (χ3n) is 4.26. The van der Waals surface area contributed by atoms with Crippen molar-refractivity contribution in [3.8, 4) is 5.75 Å². The third kappa shape index (κ3) is 4.84. The number of halogens is 2. The molecule has 1 aromatic heterocycles. The van der Waals surface area contributed by atoms with Crippen molar-refractivity contribution in [2.75, 3.05) is 6.61 Å². The number of amides is 1. The van der Waals surface area contributed by atoms with Crippen molar-refractivity contribution in [1.82, 2.24) is 14.9 Å². The number of hydrogen-bond acceptors (Lipinski definition) is 5. The highest BCUT2D eigenvalue weighted by molar-refractivity contribution is 5.87. The normalized spacial score (nSPS) is 12.1. The van der Waals surface area contributed by atoms with Gasteiger partial charge in [-0.15, -0.1) is 0 Å². The molecule has 0 spiro atoms. The Balaban J connectivity index is 1.66. The lowest BCUT2D eigenvalue weighted by Crippen LogP contribution is -2.30. The van der Waals surface area contributed by atoms with Crippen LogP contribution in [0.1, 0.15) is 18.5 Å². The molecule has 0 fully saturated rings. The Bertz CT molecular complexity index is 1020. The van der Waals surface area contributed by atoms with Crippen LogP contribution in [-0.4, -0.2) is 33.4 Å². The minimum absolute atomic E-state index is 0.125. The number of rotatable bonds is 8.